The summed E-state index contributed by atoms with van der Waals surface area (Å²) in [5, 5.41) is 3.65. The third-order valence-corrected chi connectivity index (χ3v) is 7.73. The Kier molecular flexibility index (Phi) is 8.37. The lowest BCUT2D eigenvalue weighted by Crippen LogP contribution is -2.64. The lowest BCUT2D eigenvalue weighted by molar-refractivity contribution is -0.133. The Morgan fingerprint density at radius 2 is 1.51 bits per heavy atom. The van der Waals surface area contributed by atoms with Crippen molar-refractivity contribution in [3.05, 3.63) is 68.1 Å². The van der Waals surface area contributed by atoms with Gasteiger partial charge in [-0.3, -0.25) is 14.4 Å². The van der Waals surface area contributed by atoms with Crippen LogP contribution in [0.25, 0.3) is 0 Å². The molecule has 4 rings (SSSR count). The molecule has 1 aliphatic heterocycles. The molecule has 2 fully saturated rings. The van der Waals surface area contributed by atoms with Gasteiger partial charge >= 0.3 is 0 Å². The van der Waals surface area contributed by atoms with Gasteiger partial charge < -0.3 is 20.9 Å². The van der Waals surface area contributed by atoms with E-state index in [9.17, 15) is 14.4 Å². The van der Waals surface area contributed by atoms with E-state index in [2.05, 4.69) is 21.2 Å². The number of rotatable bonds is 4. The predicted molar refractivity (Wildman–Crippen MR) is 139 cm³/mol. The van der Waals surface area contributed by atoms with Crippen molar-refractivity contribution in [3.63, 3.8) is 0 Å². The summed E-state index contributed by atoms with van der Waals surface area (Å²) in [5.41, 5.74) is 6.75. The largest absolute Gasteiger partial charge is 0.350 e. The molecule has 3 N–H and O–H groups in total. The summed E-state index contributed by atoms with van der Waals surface area (Å²) >= 11 is 15.6. The second-order valence-electron chi connectivity index (χ2n) is 8.98. The molecule has 0 spiro atoms. The second kappa shape index (κ2) is 11.3. The van der Waals surface area contributed by atoms with Crippen molar-refractivity contribution in [1.82, 2.24) is 15.1 Å². The van der Waals surface area contributed by atoms with Crippen molar-refractivity contribution >= 4 is 56.9 Å². The molecule has 1 atom stereocenters. The van der Waals surface area contributed by atoms with Gasteiger partial charge in [0.2, 0.25) is 0 Å². The van der Waals surface area contributed by atoms with E-state index in [0.29, 0.717) is 35.7 Å². The normalized spacial score (nSPS) is 22.6. The molecule has 3 amide bonds. The molecule has 35 heavy (non-hydrogen) atoms. The number of carbonyl (C=O) groups is 3. The summed E-state index contributed by atoms with van der Waals surface area (Å²) < 4.78 is 0.753. The maximum atomic E-state index is 13.6. The molecule has 1 aliphatic carbocycles. The summed E-state index contributed by atoms with van der Waals surface area (Å²) in [4.78, 5) is 43.7. The summed E-state index contributed by atoms with van der Waals surface area (Å²) in [6, 6.07) is 11.7. The van der Waals surface area contributed by atoms with E-state index in [0.717, 1.165) is 30.2 Å². The van der Waals surface area contributed by atoms with Gasteiger partial charge in [0.25, 0.3) is 17.7 Å². The smallest absolute Gasteiger partial charge is 0.264 e. The van der Waals surface area contributed by atoms with E-state index < -0.39 is 6.17 Å². The van der Waals surface area contributed by atoms with E-state index in [1.807, 2.05) is 6.07 Å². The van der Waals surface area contributed by atoms with Crippen LogP contribution in [0.2, 0.25) is 10.0 Å². The zero-order valence-electron chi connectivity index (χ0n) is 19.1. The number of benzene rings is 2. The molecule has 1 saturated heterocycles. The first-order valence-corrected chi connectivity index (χ1v) is 13.2. The number of carbonyl (C=O) groups excluding carboxylic acids is 3. The Bertz CT molecular complexity index is 1120. The average molecular weight is 582 g/mol. The zero-order valence-corrected chi connectivity index (χ0v) is 22.2. The van der Waals surface area contributed by atoms with E-state index >= 15 is 0 Å². The molecule has 0 radical (unpaired) electrons. The average Bonchev–Trinajstić information content (AvgIpc) is 2.85. The van der Waals surface area contributed by atoms with Crippen molar-refractivity contribution < 1.29 is 14.4 Å². The Balaban J connectivity index is 1.65. The SMILES string of the molecule is NC1CCC(NC(=O)C2N(C(=O)c3cccc(Br)c3)CCCN2C(=O)c2ccc(Cl)c(Cl)c2)CC1. The van der Waals surface area contributed by atoms with Crippen LogP contribution >= 0.6 is 39.1 Å². The highest BCUT2D eigenvalue weighted by Crippen LogP contribution is 2.27. The first-order chi connectivity index (χ1) is 16.7. The molecule has 2 aromatic rings. The molecule has 1 unspecified atom stereocenters. The topological polar surface area (TPSA) is 95.7 Å². The Labute approximate surface area is 223 Å². The fourth-order valence-corrected chi connectivity index (χ4v) is 5.35. The first-order valence-electron chi connectivity index (χ1n) is 11.6. The van der Waals surface area contributed by atoms with Crippen molar-refractivity contribution in [2.45, 2.75) is 50.4 Å². The lowest BCUT2D eigenvalue weighted by atomic mass is 9.91. The van der Waals surface area contributed by atoms with Gasteiger partial charge in [0.05, 0.1) is 10.0 Å². The minimum Gasteiger partial charge on any atom is -0.350 e. The number of halogens is 3. The molecule has 1 heterocycles. The molecule has 1 saturated carbocycles. The van der Waals surface area contributed by atoms with Gasteiger partial charge in [-0.05, 0) is 68.5 Å². The maximum Gasteiger partial charge on any atom is 0.264 e. The fraction of sp³-hybridized carbons (Fsp3) is 0.400. The van der Waals surface area contributed by atoms with Crippen LogP contribution in [0.5, 0.6) is 0 Å². The van der Waals surface area contributed by atoms with Crippen molar-refractivity contribution in [2.75, 3.05) is 13.1 Å². The van der Waals surface area contributed by atoms with E-state index in [1.54, 1.807) is 30.3 Å². The molecule has 7 nitrogen and oxygen atoms in total. The van der Waals surface area contributed by atoms with E-state index in [-0.39, 0.29) is 34.8 Å². The number of nitrogens with two attached hydrogens (primary N) is 1. The molecule has 0 aromatic heterocycles. The van der Waals surface area contributed by atoms with E-state index in [4.69, 9.17) is 28.9 Å². The highest BCUT2D eigenvalue weighted by atomic mass is 79.9. The standard InChI is InChI=1S/C25H27BrCl2N4O3/c26-17-4-1-3-15(13-17)24(34)31-11-2-12-32(25(35)16-5-10-20(27)21(28)14-16)23(31)22(33)30-19-8-6-18(29)7-9-19/h1,3-5,10,13-14,18-19,23H,2,6-9,11-12,29H2,(H,30,33). The molecule has 10 heteroatoms. The number of hydrogen-bond acceptors (Lipinski definition) is 4. The quantitative estimate of drug-likeness (QED) is 0.557. The van der Waals surface area contributed by atoms with Crippen LogP contribution < -0.4 is 11.1 Å². The van der Waals surface area contributed by atoms with Crippen LogP contribution in [-0.4, -0.2) is 58.9 Å². The summed E-state index contributed by atoms with van der Waals surface area (Å²) in [5.74, 6) is -1.08. The van der Waals surface area contributed by atoms with Gasteiger partial charge in [-0.15, -0.1) is 0 Å². The van der Waals surface area contributed by atoms with Crippen molar-refractivity contribution in [2.24, 2.45) is 5.73 Å². The summed E-state index contributed by atoms with van der Waals surface area (Å²) in [7, 11) is 0. The monoisotopic (exact) mass is 580 g/mol. The molecule has 186 valence electrons. The van der Waals surface area contributed by atoms with Crippen LogP contribution in [0.3, 0.4) is 0 Å². The van der Waals surface area contributed by atoms with Gasteiger partial charge in [-0.1, -0.05) is 45.2 Å². The number of hydrogen-bond donors (Lipinski definition) is 2. The minimum atomic E-state index is -1.09. The van der Waals surface area contributed by atoms with Gasteiger partial charge in [-0.2, -0.15) is 0 Å². The highest BCUT2D eigenvalue weighted by molar-refractivity contribution is 9.10. The fourth-order valence-electron chi connectivity index (χ4n) is 4.65. The number of nitrogens with zero attached hydrogens (tertiary/aromatic N) is 2. The Hall–Kier alpha value is -2.13. The molecule has 0 bridgehead atoms. The van der Waals surface area contributed by atoms with Crippen LogP contribution in [-0.2, 0) is 4.79 Å². The molecule has 2 aromatic carbocycles. The van der Waals surface area contributed by atoms with Gasteiger partial charge in [-0.25, -0.2) is 0 Å². The third-order valence-electron chi connectivity index (χ3n) is 6.50. The predicted octanol–water partition coefficient (Wildman–Crippen LogP) is 4.46. The van der Waals surface area contributed by atoms with Gasteiger partial charge in [0.15, 0.2) is 6.17 Å². The Morgan fingerprint density at radius 3 is 2.11 bits per heavy atom. The van der Waals surface area contributed by atoms with Crippen molar-refractivity contribution in [3.8, 4) is 0 Å². The zero-order chi connectivity index (χ0) is 25.1. The third kappa shape index (κ3) is 6.00. The second-order valence-corrected chi connectivity index (χ2v) is 10.7. The van der Waals surface area contributed by atoms with Crippen LogP contribution in [0.15, 0.2) is 46.9 Å². The van der Waals surface area contributed by atoms with Crippen LogP contribution in [0.4, 0.5) is 0 Å². The highest BCUT2D eigenvalue weighted by Gasteiger charge is 2.41. The Morgan fingerprint density at radius 1 is 0.886 bits per heavy atom. The molecule has 2 aliphatic rings. The van der Waals surface area contributed by atoms with Crippen LogP contribution in [0.1, 0.15) is 52.8 Å². The molecular weight excluding hydrogens is 555 g/mol. The summed E-state index contributed by atoms with van der Waals surface area (Å²) in [6.07, 6.45) is 2.62. The lowest BCUT2D eigenvalue weighted by Gasteiger charge is -2.43. The first kappa shape index (κ1) is 25.9. The number of amides is 3. The van der Waals surface area contributed by atoms with Crippen molar-refractivity contribution in [1.29, 1.82) is 0 Å². The van der Waals surface area contributed by atoms with E-state index in [1.165, 1.54) is 15.9 Å². The van der Waals surface area contributed by atoms with Crippen LogP contribution in [0, 0.1) is 0 Å². The van der Waals surface area contributed by atoms with Gasteiger partial charge in [0.1, 0.15) is 0 Å². The number of nitrogens with one attached hydrogen (secondary N) is 1. The molecular formula is C25H27BrCl2N4O3. The van der Waals surface area contributed by atoms with Gasteiger partial charge in [0, 0.05) is 40.8 Å². The minimum absolute atomic E-state index is 0.0472. The summed E-state index contributed by atoms with van der Waals surface area (Å²) in [6.45, 7) is 0.680. The maximum absolute atomic E-state index is 13.6.